The van der Waals surface area contributed by atoms with Crippen molar-refractivity contribution in [2.24, 2.45) is 0 Å². The molecular formula is C22H17BrClN4O3-. The number of benzene rings is 3. The van der Waals surface area contributed by atoms with Crippen LogP contribution in [0.1, 0.15) is 15.9 Å². The molecule has 9 heteroatoms. The molecule has 0 radical (unpaired) electrons. The van der Waals surface area contributed by atoms with E-state index >= 15 is 0 Å². The van der Waals surface area contributed by atoms with Crippen LogP contribution < -0.4 is 22.6 Å². The maximum absolute atomic E-state index is 12.8. The Morgan fingerprint density at radius 2 is 1.52 bits per heavy atom. The first-order chi connectivity index (χ1) is 14.4. The molecule has 1 heterocycles. The van der Waals surface area contributed by atoms with Gasteiger partial charge in [0.15, 0.2) is 5.78 Å². The van der Waals surface area contributed by atoms with Gasteiger partial charge in [-0.25, -0.2) is 0 Å². The molecule has 158 valence electrons. The monoisotopic (exact) mass is 499 g/mol. The van der Waals surface area contributed by atoms with E-state index in [4.69, 9.17) is 17.0 Å². The molecule has 0 bridgehead atoms. The van der Waals surface area contributed by atoms with Crippen molar-refractivity contribution in [2.75, 3.05) is 0 Å². The summed E-state index contributed by atoms with van der Waals surface area (Å²) >= 11 is 5.96. The van der Waals surface area contributed by atoms with Gasteiger partial charge in [0.1, 0.15) is 0 Å². The molecule has 31 heavy (non-hydrogen) atoms. The third kappa shape index (κ3) is 4.60. The molecule has 0 spiro atoms. The number of fused-ring (bicyclic) bond motifs is 1. The summed E-state index contributed by atoms with van der Waals surface area (Å²) in [4.78, 5) is 23.1. The molecule has 4 rings (SSSR count). The fourth-order valence-corrected chi connectivity index (χ4v) is 3.52. The van der Waals surface area contributed by atoms with E-state index in [2.05, 4.69) is 0 Å². The number of hydrogen-bond acceptors (Lipinski definition) is 4. The van der Waals surface area contributed by atoms with Gasteiger partial charge in [-0.15, -0.1) is 0 Å². The van der Waals surface area contributed by atoms with Crippen molar-refractivity contribution in [1.82, 2.24) is 9.13 Å². The van der Waals surface area contributed by atoms with Crippen molar-refractivity contribution in [3.8, 4) is 0 Å². The number of non-ortho nitro benzene ring substituents is 1. The Morgan fingerprint density at radius 1 is 0.935 bits per heavy atom. The average molecular weight is 501 g/mol. The lowest BCUT2D eigenvalue weighted by molar-refractivity contribution is -0.384. The summed E-state index contributed by atoms with van der Waals surface area (Å²) in [5.74, 6) is -0.224. The highest BCUT2D eigenvalue weighted by Crippen LogP contribution is 2.18. The summed E-state index contributed by atoms with van der Waals surface area (Å²) < 4.78 is 3.48. The van der Waals surface area contributed by atoms with Gasteiger partial charge >= 0.3 is 0 Å². The Labute approximate surface area is 192 Å². The third-order valence-corrected chi connectivity index (χ3v) is 5.18. The van der Waals surface area contributed by atoms with Crippen LogP contribution in [0.3, 0.4) is 0 Å². The number of nitrogens with zero attached hydrogens (tertiary/aromatic N) is 3. The largest absolute Gasteiger partial charge is 1.00 e. The summed E-state index contributed by atoms with van der Waals surface area (Å²) in [5.41, 5.74) is 3.09. The van der Waals surface area contributed by atoms with E-state index in [0.717, 1.165) is 16.6 Å². The molecule has 0 unspecified atom stereocenters. The van der Waals surface area contributed by atoms with Crippen molar-refractivity contribution >= 4 is 34.1 Å². The second-order valence-corrected chi connectivity index (χ2v) is 7.27. The topological polar surface area (TPSA) is 93.9 Å². The Hall–Kier alpha value is -3.23. The molecule has 7 nitrogen and oxygen atoms in total. The zero-order chi connectivity index (χ0) is 21.3. The van der Waals surface area contributed by atoms with E-state index in [1.165, 1.54) is 24.3 Å². The molecule has 0 aliphatic rings. The van der Waals surface area contributed by atoms with Gasteiger partial charge in [0, 0.05) is 22.7 Å². The van der Waals surface area contributed by atoms with Gasteiger partial charge in [-0.1, -0.05) is 35.9 Å². The summed E-state index contributed by atoms with van der Waals surface area (Å²) in [6.45, 7) is 0.431. The van der Waals surface area contributed by atoms with Crippen LogP contribution in [0.2, 0.25) is 5.02 Å². The number of nitrogens with one attached hydrogen (secondary N) is 1. The lowest BCUT2D eigenvalue weighted by atomic mass is 10.1. The fraction of sp³-hybridized carbons (Fsp3) is 0.0909. The van der Waals surface area contributed by atoms with Gasteiger partial charge in [0.25, 0.3) is 5.69 Å². The van der Waals surface area contributed by atoms with E-state index in [1.807, 2.05) is 41.0 Å². The normalized spacial score (nSPS) is 10.6. The quantitative estimate of drug-likeness (QED) is 0.246. The molecule has 3 aromatic carbocycles. The molecule has 0 aliphatic heterocycles. The first-order valence-corrected chi connectivity index (χ1v) is 9.56. The number of imidazole rings is 1. The highest BCUT2D eigenvalue weighted by Gasteiger charge is 2.16. The van der Waals surface area contributed by atoms with Gasteiger partial charge in [-0.05, 0) is 42.0 Å². The zero-order valence-electron chi connectivity index (χ0n) is 16.2. The van der Waals surface area contributed by atoms with E-state index in [0.29, 0.717) is 17.1 Å². The van der Waals surface area contributed by atoms with Gasteiger partial charge in [0.2, 0.25) is 5.62 Å². The number of rotatable bonds is 6. The lowest BCUT2D eigenvalue weighted by Gasteiger charge is -2.06. The fourth-order valence-electron chi connectivity index (χ4n) is 3.39. The van der Waals surface area contributed by atoms with Crippen LogP contribution in [0, 0.1) is 15.5 Å². The van der Waals surface area contributed by atoms with Gasteiger partial charge in [-0.2, -0.15) is 0 Å². The number of hydrogen-bond donors (Lipinski definition) is 1. The summed E-state index contributed by atoms with van der Waals surface area (Å²) in [6, 6.07) is 20.5. The minimum Gasteiger partial charge on any atom is -1.00 e. The smallest absolute Gasteiger partial charge is 0.269 e. The van der Waals surface area contributed by atoms with E-state index in [1.54, 1.807) is 16.7 Å². The number of halogens is 2. The lowest BCUT2D eigenvalue weighted by Crippen LogP contribution is -3.00. The van der Waals surface area contributed by atoms with E-state index in [-0.39, 0.29) is 40.6 Å². The Balaban J connectivity index is 0.00000272. The van der Waals surface area contributed by atoms with Gasteiger partial charge in [0.05, 0.1) is 29.0 Å². The molecule has 0 amide bonds. The Morgan fingerprint density at radius 3 is 2.10 bits per heavy atom. The predicted molar refractivity (Wildman–Crippen MR) is 114 cm³/mol. The molecular weight excluding hydrogens is 484 g/mol. The molecule has 1 aromatic heterocycles. The average Bonchev–Trinajstić information content (AvgIpc) is 3.01. The second-order valence-electron chi connectivity index (χ2n) is 6.84. The predicted octanol–water partition coefficient (Wildman–Crippen LogP) is 1.42. The van der Waals surface area contributed by atoms with E-state index in [9.17, 15) is 14.9 Å². The van der Waals surface area contributed by atoms with Crippen LogP contribution in [0.5, 0.6) is 0 Å². The van der Waals surface area contributed by atoms with Gasteiger partial charge < -0.3 is 26.1 Å². The minimum atomic E-state index is -0.505. The van der Waals surface area contributed by atoms with Gasteiger partial charge in [-0.3, -0.25) is 20.3 Å². The van der Waals surface area contributed by atoms with Crippen molar-refractivity contribution in [3.63, 3.8) is 0 Å². The van der Waals surface area contributed by atoms with Crippen molar-refractivity contribution in [3.05, 3.63) is 105 Å². The summed E-state index contributed by atoms with van der Waals surface area (Å²) in [6.07, 6.45) is 0. The van der Waals surface area contributed by atoms with Crippen LogP contribution in [0.15, 0.2) is 72.8 Å². The number of ketones is 1. The summed E-state index contributed by atoms with van der Waals surface area (Å²) in [7, 11) is 0. The number of Topliss-reactive ketones (excluding diaryl/α,β-unsaturated/α-hetero) is 1. The summed E-state index contributed by atoms with van der Waals surface area (Å²) in [5, 5.41) is 20.1. The van der Waals surface area contributed by atoms with Crippen LogP contribution >= 0.6 is 11.6 Å². The highest BCUT2D eigenvalue weighted by atomic mass is 79.9. The number of carbonyl (C=O) groups is 1. The van der Waals surface area contributed by atoms with Crippen molar-refractivity contribution < 1.29 is 26.7 Å². The van der Waals surface area contributed by atoms with Crippen molar-refractivity contribution in [2.45, 2.75) is 13.1 Å². The van der Waals surface area contributed by atoms with Crippen LogP contribution in [-0.2, 0) is 13.1 Å². The number of carbonyl (C=O) groups excluding carboxylic acids is 1. The minimum absolute atomic E-state index is 0. The molecule has 0 saturated carbocycles. The number of nitro benzene ring substituents is 1. The number of para-hydroxylation sites is 2. The van der Waals surface area contributed by atoms with Crippen molar-refractivity contribution in [1.29, 1.82) is 5.41 Å². The molecule has 0 fully saturated rings. The number of aromatic nitrogens is 2. The maximum Gasteiger partial charge on any atom is 0.269 e. The highest BCUT2D eigenvalue weighted by molar-refractivity contribution is 6.30. The Kier molecular flexibility index (Phi) is 6.72. The maximum atomic E-state index is 12.8. The van der Waals surface area contributed by atoms with Crippen LogP contribution in [0.25, 0.3) is 11.0 Å². The zero-order valence-corrected chi connectivity index (χ0v) is 18.5. The Bertz CT molecular complexity index is 1310. The number of nitro groups is 1. The molecule has 4 aromatic rings. The molecule has 1 N–H and O–H groups in total. The first-order valence-electron chi connectivity index (χ1n) is 9.19. The molecule has 0 atom stereocenters. The SMILES string of the molecule is N=c1n(CC(=O)c2ccc([N+](=O)[O-])cc2)c2ccccc2n1Cc1ccc(Cl)cc1.[Br-]. The second kappa shape index (κ2) is 9.28. The first kappa shape index (κ1) is 22.5. The molecule has 0 aliphatic carbocycles. The van der Waals surface area contributed by atoms with Crippen LogP contribution in [-0.4, -0.2) is 19.8 Å². The molecule has 0 saturated heterocycles. The standard InChI is InChI=1S/C22H17ClN4O3.BrH/c23-17-9-5-15(6-10-17)13-25-19-3-1-2-4-20(19)26(22(25)24)14-21(28)16-7-11-18(12-8-16)27(29)30;/h1-12,24H,13-14H2;1H/p-1. The third-order valence-electron chi connectivity index (χ3n) is 4.93. The van der Waals surface area contributed by atoms with E-state index < -0.39 is 4.92 Å². The van der Waals surface area contributed by atoms with Crippen LogP contribution in [0.4, 0.5) is 5.69 Å².